The molecule has 0 aromatic carbocycles. The van der Waals surface area contributed by atoms with E-state index >= 15 is 0 Å². The Balaban J connectivity index is 2.56. The second-order valence-electron chi connectivity index (χ2n) is 2.95. The van der Waals surface area contributed by atoms with E-state index in [-0.39, 0.29) is 0 Å². The number of rotatable bonds is 2. The molecule has 0 aliphatic heterocycles. The van der Waals surface area contributed by atoms with Crippen LogP contribution in [0.4, 0.5) is 0 Å². The van der Waals surface area contributed by atoms with Crippen molar-refractivity contribution in [2.75, 3.05) is 7.11 Å². The molecule has 1 N–H and O–H groups in total. The van der Waals surface area contributed by atoms with Gasteiger partial charge in [-0.25, -0.2) is 4.79 Å². The van der Waals surface area contributed by atoms with E-state index in [1.807, 2.05) is 6.08 Å². The molecule has 0 fully saturated rings. The summed E-state index contributed by atoms with van der Waals surface area (Å²) >= 11 is 0. The van der Waals surface area contributed by atoms with Gasteiger partial charge in [-0.1, -0.05) is 6.08 Å². The highest BCUT2D eigenvalue weighted by atomic mass is 16.5. The van der Waals surface area contributed by atoms with Gasteiger partial charge in [0.1, 0.15) is 0 Å². The largest absolute Gasteiger partial charge is 0.467 e. The third-order valence-electron chi connectivity index (χ3n) is 2.10. The van der Waals surface area contributed by atoms with Crippen LogP contribution in [0.3, 0.4) is 0 Å². The summed E-state index contributed by atoms with van der Waals surface area (Å²) in [5, 5.41) is 9.40. The highest BCUT2D eigenvalue weighted by Gasteiger charge is 2.20. The topological polar surface area (TPSA) is 46.5 Å². The number of hydrogen-bond donors (Lipinski definition) is 1. The summed E-state index contributed by atoms with van der Waals surface area (Å²) in [5.41, 5.74) is 0.813. The van der Waals surface area contributed by atoms with Crippen molar-refractivity contribution in [2.45, 2.75) is 31.8 Å². The van der Waals surface area contributed by atoms with Crippen molar-refractivity contribution in [2.24, 2.45) is 0 Å². The number of allylic oxidation sites excluding steroid dienone is 1. The normalized spacial score (nSPS) is 19.7. The number of carbonyl (C=O) groups excluding carboxylic acids is 1. The van der Waals surface area contributed by atoms with Crippen molar-refractivity contribution < 1.29 is 14.6 Å². The first-order chi connectivity index (χ1) is 5.75. The maximum atomic E-state index is 10.9. The molecule has 0 aromatic rings. The van der Waals surface area contributed by atoms with Crippen LogP contribution in [0.2, 0.25) is 0 Å². The summed E-state index contributed by atoms with van der Waals surface area (Å²) in [6, 6.07) is 0. The Morgan fingerprint density at radius 3 is 2.92 bits per heavy atom. The molecule has 0 spiro atoms. The summed E-state index contributed by atoms with van der Waals surface area (Å²) in [5.74, 6) is -0.553. The molecule has 1 unspecified atom stereocenters. The first-order valence-corrected chi connectivity index (χ1v) is 4.20. The van der Waals surface area contributed by atoms with Gasteiger partial charge in [0.05, 0.1) is 7.11 Å². The minimum Gasteiger partial charge on any atom is -0.467 e. The standard InChI is InChI=1S/C9H14O3/c1-12-9(11)8(10)7-5-3-2-4-6-7/h5,8,10H,2-4,6H2,1H3. The van der Waals surface area contributed by atoms with Gasteiger partial charge in [-0.2, -0.15) is 0 Å². The zero-order chi connectivity index (χ0) is 8.97. The molecule has 12 heavy (non-hydrogen) atoms. The van der Waals surface area contributed by atoms with Crippen LogP contribution in [0.15, 0.2) is 11.6 Å². The van der Waals surface area contributed by atoms with Crippen LogP contribution in [-0.2, 0) is 9.53 Å². The van der Waals surface area contributed by atoms with Gasteiger partial charge in [0.15, 0.2) is 6.10 Å². The maximum Gasteiger partial charge on any atom is 0.339 e. The zero-order valence-corrected chi connectivity index (χ0v) is 7.25. The molecule has 3 heteroatoms. The predicted octanol–water partition coefficient (Wildman–Crippen LogP) is 1.02. The monoisotopic (exact) mass is 170 g/mol. The minimum absolute atomic E-state index is 0.553. The van der Waals surface area contributed by atoms with E-state index in [4.69, 9.17) is 0 Å². The number of methoxy groups -OCH3 is 1. The predicted molar refractivity (Wildman–Crippen MR) is 44.6 cm³/mol. The summed E-state index contributed by atoms with van der Waals surface area (Å²) in [6.45, 7) is 0. The molecule has 0 amide bonds. The first kappa shape index (κ1) is 9.26. The Bertz CT molecular complexity index is 196. The zero-order valence-electron chi connectivity index (χ0n) is 7.25. The van der Waals surface area contributed by atoms with E-state index in [1.54, 1.807) is 0 Å². The van der Waals surface area contributed by atoms with E-state index in [0.717, 1.165) is 31.3 Å². The van der Waals surface area contributed by atoms with Gasteiger partial charge in [0.25, 0.3) is 0 Å². The number of aliphatic hydroxyl groups excluding tert-OH is 1. The summed E-state index contributed by atoms with van der Waals surface area (Å²) in [7, 11) is 1.29. The van der Waals surface area contributed by atoms with Crippen molar-refractivity contribution in [3.05, 3.63) is 11.6 Å². The summed E-state index contributed by atoms with van der Waals surface area (Å²) in [4.78, 5) is 10.9. The second-order valence-corrected chi connectivity index (χ2v) is 2.95. The van der Waals surface area contributed by atoms with Crippen molar-refractivity contribution in [3.63, 3.8) is 0 Å². The Labute approximate surface area is 72.0 Å². The van der Waals surface area contributed by atoms with E-state index < -0.39 is 12.1 Å². The fourth-order valence-electron chi connectivity index (χ4n) is 1.37. The fraction of sp³-hybridized carbons (Fsp3) is 0.667. The molecule has 0 aromatic heterocycles. The van der Waals surface area contributed by atoms with Gasteiger partial charge in [-0.05, 0) is 31.3 Å². The lowest BCUT2D eigenvalue weighted by molar-refractivity contribution is -0.148. The molecule has 68 valence electrons. The van der Waals surface area contributed by atoms with Crippen LogP contribution in [-0.4, -0.2) is 24.3 Å². The van der Waals surface area contributed by atoms with Gasteiger partial charge in [0.2, 0.25) is 0 Å². The van der Waals surface area contributed by atoms with Crippen LogP contribution in [0.1, 0.15) is 25.7 Å². The van der Waals surface area contributed by atoms with Crippen molar-refractivity contribution in [3.8, 4) is 0 Å². The van der Waals surface area contributed by atoms with Crippen LogP contribution in [0.25, 0.3) is 0 Å². The first-order valence-electron chi connectivity index (χ1n) is 4.20. The Kier molecular flexibility index (Phi) is 3.29. The number of carbonyl (C=O) groups is 1. The highest BCUT2D eigenvalue weighted by molar-refractivity contribution is 5.77. The van der Waals surface area contributed by atoms with Gasteiger partial charge in [0, 0.05) is 0 Å². The van der Waals surface area contributed by atoms with Gasteiger partial charge in [-0.15, -0.1) is 0 Å². The lowest BCUT2D eigenvalue weighted by Gasteiger charge is -2.16. The fourth-order valence-corrected chi connectivity index (χ4v) is 1.37. The van der Waals surface area contributed by atoms with Crippen LogP contribution in [0.5, 0.6) is 0 Å². The van der Waals surface area contributed by atoms with E-state index in [2.05, 4.69) is 4.74 Å². The highest BCUT2D eigenvalue weighted by Crippen LogP contribution is 2.20. The summed E-state index contributed by atoms with van der Waals surface area (Å²) < 4.78 is 4.44. The third kappa shape index (κ3) is 2.08. The molecule has 0 radical (unpaired) electrons. The quantitative estimate of drug-likeness (QED) is 0.497. The third-order valence-corrected chi connectivity index (χ3v) is 2.10. The van der Waals surface area contributed by atoms with Gasteiger partial charge in [-0.3, -0.25) is 0 Å². The number of hydrogen-bond acceptors (Lipinski definition) is 3. The molecule has 0 bridgehead atoms. The van der Waals surface area contributed by atoms with Crippen molar-refractivity contribution in [1.82, 2.24) is 0 Å². The van der Waals surface area contributed by atoms with E-state index in [1.165, 1.54) is 7.11 Å². The Hall–Kier alpha value is -0.830. The molecule has 1 atom stereocenters. The van der Waals surface area contributed by atoms with Crippen molar-refractivity contribution in [1.29, 1.82) is 0 Å². The molecular weight excluding hydrogens is 156 g/mol. The van der Waals surface area contributed by atoms with Crippen LogP contribution < -0.4 is 0 Å². The minimum atomic E-state index is -1.03. The summed E-state index contributed by atoms with van der Waals surface area (Å²) in [6.07, 6.45) is 4.89. The van der Waals surface area contributed by atoms with E-state index in [9.17, 15) is 9.90 Å². The molecule has 0 heterocycles. The lowest BCUT2D eigenvalue weighted by Crippen LogP contribution is -2.24. The average molecular weight is 170 g/mol. The number of esters is 1. The molecule has 0 saturated carbocycles. The molecule has 0 saturated heterocycles. The molecule has 1 aliphatic rings. The number of ether oxygens (including phenoxy) is 1. The van der Waals surface area contributed by atoms with E-state index in [0.29, 0.717) is 0 Å². The van der Waals surface area contributed by atoms with Gasteiger partial charge >= 0.3 is 5.97 Å². The molecule has 1 rings (SSSR count). The van der Waals surface area contributed by atoms with Crippen LogP contribution in [0, 0.1) is 0 Å². The Morgan fingerprint density at radius 2 is 2.42 bits per heavy atom. The lowest BCUT2D eigenvalue weighted by atomic mass is 9.95. The second kappa shape index (κ2) is 4.26. The number of aliphatic hydroxyl groups is 1. The molecule has 3 nitrogen and oxygen atoms in total. The maximum absolute atomic E-state index is 10.9. The van der Waals surface area contributed by atoms with Gasteiger partial charge < -0.3 is 9.84 Å². The van der Waals surface area contributed by atoms with Crippen LogP contribution >= 0.6 is 0 Å². The average Bonchev–Trinajstić information content (AvgIpc) is 2.17. The SMILES string of the molecule is COC(=O)C(O)C1=CCCCC1. The Morgan fingerprint density at radius 1 is 1.67 bits per heavy atom. The molecular formula is C9H14O3. The smallest absolute Gasteiger partial charge is 0.339 e. The van der Waals surface area contributed by atoms with Crippen molar-refractivity contribution >= 4 is 5.97 Å². The molecule has 1 aliphatic carbocycles.